The number of carbonyl (C=O) groups is 1. The second-order valence-electron chi connectivity index (χ2n) is 5.34. The van der Waals surface area contributed by atoms with E-state index in [9.17, 15) is 13.2 Å². The van der Waals surface area contributed by atoms with Gasteiger partial charge in [-0.2, -0.15) is 5.10 Å². The summed E-state index contributed by atoms with van der Waals surface area (Å²) in [5, 5.41) is 13.3. The molecule has 0 spiro atoms. The second kappa shape index (κ2) is 5.10. The minimum atomic E-state index is -2.96. The van der Waals surface area contributed by atoms with Crippen LogP contribution in [0.3, 0.4) is 0 Å². The molecule has 0 saturated carbocycles. The molecular formula is C13H15N3O4S. The minimum Gasteiger partial charge on any atom is -0.477 e. The van der Waals surface area contributed by atoms with Gasteiger partial charge in [0.15, 0.2) is 27.0 Å². The highest BCUT2D eigenvalue weighted by Crippen LogP contribution is 2.21. The van der Waals surface area contributed by atoms with E-state index in [-0.39, 0.29) is 23.1 Å². The van der Waals surface area contributed by atoms with Gasteiger partial charge in [-0.3, -0.25) is 0 Å². The Hall–Kier alpha value is -1.96. The van der Waals surface area contributed by atoms with E-state index in [1.165, 1.54) is 10.6 Å². The standard InChI is InChI=1S/C13H15N3O4S/c17-13(18)10-4-1-5-12-14-11(15-16(10)12)7-9-3-2-6-21(19,20)8-9/h1,4-5,9H,2-3,6-8H2,(H,17,18). The number of pyridine rings is 1. The predicted molar refractivity (Wildman–Crippen MR) is 75.0 cm³/mol. The third kappa shape index (κ3) is 2.90. The zero-order valence-electron chi connectivity index (χ0n) is 11.3. The number of hydrogen-bond donors (Lipinski definition) is 1. The van der Waals surface area contributed by atoms with Crippen molar-refractivity contribution in [3.8, 4) is 0 Å². The normalized spacial score (nSPS) is 21.4. The van der Waals surface area contributed by atoms with E-state index in [0.29, 0.717) is 24.3 Å². The van der Waals surface area contributed by atoms with Crippen molar-refractivity contribution in [2.75, 3.05) is 11.5 Å². The van der Waals surface area contributed by atoms with Crippen molar-refractivity contribution in [2.24, 2.45) is 5.92 Å². The molecule has 8 heteroatoms. The van der Waals surface area contributed by atoms with Gasteiger partial charge in [0.2, 0.25) is 0 Å². The highest BCUT2D eigenvalue weighted by atomic mass is 32.2. The molecule has 0 bridgehead atoms. The van der Waals surface area contributed by atoms with Gasteiger partial charge in [-0.05, 0) is 30.9 Å². The molecule has 0 radical (unpaired) electrons. The van der Waals surface area contributed by atoms with Crippen molar-refractivity contribution in [3.05, 3.63) is 29.7 Å². The average molecular weight is 309 g/mol. The van der Waals surface area contributed by atoms with Crippen molar-refractivity contribution in [3.63, 3.8) is 0 Å². The van der Waals surface area contributed by atoms with Crippen LogP contribution < -0.4 is 0 Å². The lowest BCUT2D eigenvalue weighted by molar-refractivity contribution is 0.0687. The van der Waals surface area contributed by atoms with Gasteiger partial charge in [-0.15, -0.1) is 0 Å². The van der Waals surface area contributed by atoms with Crippen molar-refractivity contribution in [2.45, 2.75) is 19.3 Å². The van der Waals surface area contributed by atoms with Gasteiger partial charge in [0.1, 0.15) is 0 Å². The Morgan fingerprint density at radius 2 is 2.24 bits per heavy atom. The van der Waals surface area contributed by atoms with Crippen molar-refractivity contribution in [1.29, 1.82) is 0 Å². The minimum absolute atomic E-state index is 0.00874. The Morgan fingerprint density at radius 1 is 1.43 bits per heavy atom. The summed E-state index contributed by atoms with van der Waals surface area (Å²) >= 11 is 0. The van der Waals surface area contributed by atoms with Crippen LogP contribution in [0.25, 0.3) is 5.65 Å². The molecule has 21 heavy (non-hydrogen) atoms. The summed E-state index contributed by atoms with van der Waals surface area (Å²) in [6.45, 7) is 0. The highest BCUT2D eigenvalue weighted by molar-refractivity contribution is 7.91. The van der Waals surface area contributed by atoms with Crippen molar-refractivity contribution < 1.29 is 18.3 Å². The Kier molecular flexibility index (Phi) is 3.40. The molecule has 0 aliphatic carbocycles. The number of carboxylic acids is 1. The van der Waals surface area contributed by atoms with E-state index in [0.717, 1.165) is 6.42 Å². The number of sulfone groups is 1. The van der Waals surface area contributed by atoms with E-state index < -0.39 is 15.8 Å². The van der Waals surface area contributed by atoms with Crippen LogP contribution in [-0.2, 0) is 16.3 Å². The summed E-state index contributed by atoms with van der Waals surface area (Å²) in [6, 6.07) is 4.75. The molecule has 1 atom stereocenters. The maximum atomic E-state index is 11.6. The third-order valence-corrected chi connectivity index (χ3v) is 5.54. The Balaban J connectivity index is 1.88. The SMILES string of the molecule is O=C(O)c1cccc2nc(CC3CCCS(=O)(=O)C3)nn12. The summed E-state index contributed by atoms with van der Waals surface area (Å²) in [5.74, 6) is -0.155. The molecule has 3 heterocycles. The monoisotopic (exact) mass is 309 g/mol. The topological polar surface area (TPSA) is 102 Å². The van der Waals surface area contributed by atoms with Crippen LogP contribution in [-0.4, -0.2) is 45.6 Å². The lowest BCUT2D eigenvalue weighted by Gasteiger charge is -2.20. The molecule has 1 fully saturated rings. The molecule has 1 saturated heterocycles. The Labute approximate surface area is 121 Å². The van der Waals surface area contributed by atoms with Gasteiger partial charge in [-0.25, -0.2) is 22.7 Å². The first-order valence-corrected chi connectivity index (χ1v) is 8.55. The van der Waals surface area contributed by atoms with Gasteiger partial charge in [0, 0.05) is 6.42 Å². The zero-order chi connectivity index (χ0) is 15.0. The lowest BCUT2D eigenvalue weighted by Crippen LogP contribution is -2.26. The van der Waals surface area contributed by atoms with Gasteiger partial charge in [0.05, 0.1) is 11.5 Å². The number of rotatable bonds is 3. The molecular weight excluding hydrogens is 294 g/mol. The highest BCUT2D eigenvalue weighted by Gasteiger charge is 2.26. The van der Waals surface area contributed by atoms with Crippen LogP contribution in [0, 0.1) is 5.92 Å². The van der Waals surface area contributed by atoms with E-state index >= 15 is 0 Å². The average Bonchev–Trinajstić information content (AvgIpc) is 2.78. The molecule has 112 valence electrons. The molecule has 0 aromatic carbocycles. The smallest absolute Gasteiger partial charge is 0.354 e. The molecule has 1 aliphatic heterocycles. The van der Waals surface area contributed by atoms with E-state index in [4.69, 9.17) is 5.11 Å². The number of aromatic carboxylic acids is 1. The first-order chi connectivity index (χ1) is 9.94. The summed E-state index contributed by atoms with van der Waals surface area (Å²) in [7, 11) is -2.96. The van der Waals surface area contributed by atoms with Crippen LogP contribution in [0.2, 0.25) is 0 Å². The molecule has 1 N–H and O–H groups in total. The van der Waals surface area contributed by atoms with Gasteiger partial charge >= 0.3 is 5.97 Å². The number of fused-ring (bicyclic) bond motifs is 1. The number of hydrogen-bond acceptors (Lipinski definition) is 5. The first-order valence-electron chi connectivity index (χ1n) is 6.73. The van der Waals surface area contributed by atoms with Gasteiger partial charge in [-0.1, -0.05) is 6.07 Å². The van der Waals surface area contributed by atoms with Gasteiger partial charge < -0.3 is 5.11 Å². The molecule has 3 rings (SSSR count). The first kappa shape index (κ1) is 14.0. The molecule has 2 aromatic heterocycles. The van der Waals surface area contributed by atoms with Crippen LogP contribution in [0.1, 0.15) is 29.2 Å². The summed E-state index contributed by atoms with van der Waals surface area (Å²) in [6.07, 6.45) is 1.96. The van der Waals surface area contributed by atoms with E-state index in [1.807, 2.05) is 0 Å². The summed E-state index contributed by atoms with van der Waals surface area (Å²) in [5.41, 5.74) is 0.506. The fourth-order valence-electron chi connectivity index (χ4n) is 2.73. The third-order valence-electron chi connectivity index (χ3n) is 3.65. The maximum absolute atomic E-state index is 11.6. The summed E-state index contributed by atoms with van der Waals surface area (Å²) in [4.78, 5) is 15.4. The predicted octanol–water partition coefficient (Wildman–Crippen LogP) is 0.795. The largest absolute Gasteiger partial charge is 0.477 e. The van der Waals surface area contributed by atoms with Gasteiger partial charge in [0.25, 0.3) is 0 Å². The van der Waals surface area contributed by atoms with Crippen molar-refractivity contribution in [1.82, 2.24) is 14.6 Å². The quantitative estimate of drug-likeness (QED) is 0.899. The molecule has 2 aromatic rings. The fraction of sp³-hybridized carbons (Fsp3) is 0.462. The van der Waals surface area contributed by atoms with Crippen LogP contribution in [0.5, 0.6) is 0 Å². The van der Waals surface area contributed by atoms with E-state index in [1.54, 1.807) is 12.1 Å². The maximum Gasteiger partial charge on any atom is 0.354 e. The van der Waals surface area contributed by atoms with Crippen molar-refractivity contribution >= 4 is 21.5 Å². The number of aromatic nitrogens is 3. The second-order valence-corrected chi connectivity index (χ2v) is 7.57. The molecule has 1 unspecified atom stereocenters. The molecule has 7 nitrogen and oxygen atoms in total. The number of carboxylic acid groups (broad SMARTS) is 1. The molecule has 1 aliphatic rings. The number of nitrogens with zero attached hydrogens (tertiary/aromatic N) is 3. The molecule has 0 amide bonds. The lowest BCUT2D eigenvalue weighted by atomic mass is 10.0. The summed E-state index contributed by atoms with van der Waals surface area (Å²) < 4.78 is 24.6. The fourth-order valence-corrected chi connectivity index (χ4v) is 4.51. The van der Waals surface area contributed by atoms with Crippen LogP contribution >= 0.6 is 0 Å². The Bertz CT molecular complexity index is 797. The zero-order valence-corrected chi connectivity index (χ0v) is 12.1. The van der Waals surface area contributed by atoms with Crippen LogP contribution in [0.15, 0.2) is 18.2 Å². The van der Waals surface area contributed by atoms with E-state index in [2.05, 4.69) is 10.1 Å². The van der Waals surface area contributed by atoms with Crippen LogP contribution in [0.4, 0.5) is 0 Å². The Morgan fingerprint density at radius 3 is 2.95 bits per heavy atom.